The average Bonchev–Trinajstić information content (AvgIpc) is 2.22. The molecule has 0 unspecified atom stereocenters. The Morgan fingerprint density at radius 3 is 2.53 bits per heavy atom. The lowest BCUT2D eigenvalue weighted by atomic mass is 10.3. The highest BCUT2D eigenvalue weighted by Crippen LogP contribution is 2.35. The van der Waals surface area contributed by atoms with E-state index in [1.54, 1.807) is 0 Å². The van der Waals surface area contributed by atoms with Crippen molar-refractivity contribution in [1.82, 2.24) is 0 Å². The number of carbonyl (C=O) groups is 1. The van der Waals surface area contributed by atoms with Crippen LogP contribution in [0.3, 0.4) is 0 Å². The molecule has 0 aliphatic heterocycles. The Morgan fingerprint density at radius 1 is 1.41 bits per heavy atom. The molecule has 1 aromatic carbocycles. The summed E-state index contributed by atoms with van der Waals surface area (Å²) in [4.78, 5) is 20.8. The van der Waals surface area contributed by atoms with Crippen LogP contribution in [0, 0.1) is 10.1 Å². The van der Waals surface area contributed by atoms with Crippen LogP contribution in [-0.4, -0.2) is 17.3 Å². The zero-order valence-electron chi connectivity index (χ0n) is 8.91. The van der Waals surface area contributed by atoms with E-state index >= 15 is 0 Å². The van der Waals surface area contributed by atoms with Gasteiger partial charge >= 0.3 is 5.69 Å². The summed E-state index contributed by atoms with van der Waals surface area (Å²) in [6.07, 6.45) is 0.178. The molecular weight excluding hydrogens is 269 g/mol. The monoisotopic (exact) mass is 277 g/mol. The highest BCUT2D eigenvalue weighted by atomic mass is 35.5. The molecule has 0 heterocycles. The zero-order chi connectivity index (χ0) is 13.0. The molecule has 0 aromatic heterocycles. The van der Waals surface area contributed by atoms with E-state index in [9.17, 15) is 14.9 Å². The van der Waals surface area contributed by atoms with E-state index in [0.717, 1.165) is 6.07 Å². The van der Waals surface area contributed by atoms with Gasteiger partial charge in [0.25, 0.3) is 0 Å². The van der Waals surface area contributed by atoms with Crippen LogP contribution in [-0.2, 0) is 4.79 Å². The van der Waals surface area contributed by atoms with Crippen LogP contribution >= 0.6 is 23.2 Å². The van der Waals surface area contributed by atoms with E-state index in [2.05, 4.69) is 0 Å². The van der Waals surface area contributed by atoms with Crippen molar-refractivity contribution in [2.45, 2.75) is 13.3 Å². The number of rotatable bonds is 5. The molecule has 0 N–H and O–H groups in total. The summed E-state index contributed by atoms with van der Waals surface area (Å²) in [5.41, 5.74) is -0.275. The average molecular weight is 278 g/mol. The lowest BCUT2D eigenvalue weighted by Gasteiger charge is -2.06. The van der Waals surface area contributed by atoms with E-state index in [0.29, 0.717) is 0 Å². The Morgan fingerprint density at radius 2 is 2.00 bits per heavy atom. The van der Waals surface area contributed by atoms with E-state index in [1.165, 1.54) is 13.0 Å². The normalized spacial score (nSPS) is 10.1. The van der Waals surface area contributed by atoms with Gasteiger partial charge in [-0.2, -0.15) is 0 Å². The van der Waals surface area contributed by atoms with E-state index in [-0.39, 0.29) is 40.3 Å². The summed E-state index contributed by atoms with van der Waals surface area (Å²) in [5.74, 6) is -0.0571. The first-order chi connectivity index (χ1) is 7.91. The van der Waals surface area contributed by atoms with E-state index in [1.807, 2.05) is 0 Å². The fraction of sp³-hybridized carbons (Fsp3) is 0.300. The molecule has 1 aromatic rings. The smallest absolute Gasteiger partial charge is 0.312 e. The van der Waals surface area contributed by atoms with Gasteiger partial charge < -0.3 is 4.74 Å². The molecule has 0 saturated carbocycles. The van der Waals surface area contributed by atoms with Gasteiger partial charge in [0, 0.05) is 18.6 Å². The molecule has 0 radical (unpaired) electrons. The second kappa shape index (κ2) is 5.84. The van der Waals surface area contributed by atoms with Gasteiger partial charge in [-0.3, -0.25) is 14.9 Å². The molecule has 0 saturated heterocycles. The standard InChI is InChI=1S/C10H9Cl2NO4/c1-6(14)2-3-17-10-5-8(12)7(11)4-9(10)13(15)16/h4-5H,2-3H2,1H3. The van der Waals surface area contributed by atoms with Crippen molar-refractivity contribution in [3.8, 4) is 5.75 Å². The van der Waals surface area contributed by atoms with Gasteiger partial charge in [0.1, 0.15) is 5.78 Å². The molecule has 0 aliphatic carbocycles. The number of hydrogen-bond acceptors (Lipinski definition) is 4. The predicted octanol–water partition coefficient (Wildman–Crippen LogP) is 3.26. The molecule has 0 atom stereocenters. The summed E-state index contributed by atoms with van der Waals surface area (Å²) in [7, 11) is 0. The van der Waals surface area contributed by atoms with Crippen molar-refractivity contribution in [3.63, 3.8) is 0 Å². The third-order valence-corrected chi connectivity index (χ3v) is 2.63. The molecule has 92 valence electrons. The minimum absolute atomic E-state index is 0.00523. The van der Waals surface area contributed by atoms with Gasteiger partial charge in [-0.25, -0.2) is 0 Å². The van der Waals surface area contributed by atoms with Crippen molar-refractivity contribution in [3.05, 3.63) is 32.3 Å². The molecule has 0 fully saturated rings. The van der Waals surface area contributed by atoms with Crippen LogP contribution < -0.4 is 4.74 Å². The molecule has 0 bridgehead atoms. The molecule has 0 spiro atoms. The molecule has 7 heteroatoms. The number of Topliss-reactive ketones (excluding diaryl/α,β-unsaturated/α-hetero) is 1. The van der Waals surface area contributed by atoms with Gasteiger partial charge in [-0.05, 0) is 6.92 Å². The van der Waals surface area contributed by atoms with Crippen molar-refractivity contribution >= 4 is 34.7 Å². The lowest BCUT2D eigenvalue weighted by Crippen LogP contribution is -2.04. The molecule has 5 nitrogen and oxygen atoms in total. The summed E-state index contributed by atoms with van der Waals surface area (Å²) < 4.78 is 5.14. The van der Waals surface area contributed by atoms with Gasteiger partial charge in [0.15, 0.2) is 5.75 Å². The van der Waals surface area contributed by atoms with Gasteiger partial charge in [0.2, 0.25) is 0 Å². The highest BCUT2D eigenvalue weighted by Gasteiger charge is 2.18. The van der Waals surface area contributed by atoms with Crippen LogP contribution in [0.4, 0.5) is 5.69 Å². The second-order valence-electron chi connectivity index (χ2n) is 3.29. The number of ether oxygens (including phenoxy) is 1. The largest absolute Gasteiger partial charge is 0.486 e. The summed E-state index contributed by atoms with van der Waals surface area (Å²) in [5, 5.41) is 11.0. The maximum Gasteiger partial charge on any atom is 0.312 e. The molecule has 17 heavy (non-hydrogen) atoms. The van der Waals surface area contributed by atoms with Crippen molar-refractivity contribution in [2.24, 2.45) is 0 Å². The third kappa shape index (κ3) is 3.87. The van der Waals surface area contributed by atoms with Gasteiger partial charge in [0.05, 0.1) is 21.6 Å². The number of benzene rings is 1. The van der Waals surface area contributed by atoms with Crippen molar-refractivity contribution in [2.75, 3.05) is 6.61 Å². The fourth-order valence-corrected chi connectivity index (χ4v) is 1.39. The lowest BCUT2D eigenvalue weighted by molar-refractivity contribution is -0.385. The maximum atomic E-state index is 10.7. The minimum atomic E-state index is -0.620. The van der Waals surface area contributed by atoms with Gasteiger partial charge in [-0.1, -0.05) is 23.2 Å². The van der Waals surface area contributed by atoms with Crippen LogP contribution in [0.5, 0.6) is 5.75 Å². The third-order valence-electron chi connectivity index (χ3n) is 1.91. The summed E-state index contributed by atoms with van der Waals surface area (Å²) in [6, 6.07) is 2.38. The first-order valence-corrected chi connectivity index (χ1v) is 5.43. The Bertz CT molecular complexity index is 462. The number of halogens is 2. The first kappa shape index (κ1) is 13.7. The molecule has 0 aliphatic rings. The van der Waals surface area contributed by atoms with E-state index in [4.69, 9.17) is 27.9 Å². The Hall–Kier alpha value is -1.33. The number of ketones is 1. The first-order valence-electron chi connectivity index (χ1n) is 4.67. The molecular formula is C10H9Cl2NO4. The number of carbonyl (C=O) groups excluding carboxylic acids is 1. The minimum Gasteiger partial charge on any atom is -0.486 e. The van der Waals surface area contributed by atoms with Crippen molar-refractivity contribution < 1.29 is 14.5 Å². The second-order valence-corrected chi connectivity index (χ2v) is 4.11. The maximum absolute atomic E-state index is 10.7. The number of nitro benzene ring substituents is 1. The highest BCUT2D eigenvalue weighted by molar-refractivity contribution is 6.42. The molecule has 1 rings (SSSR count). The molecule has 0 amide bonds. The fourth-order valence-electron chi connectivity index (χ4n) is 1.08. The topological polar surface area (TPSA) is 69.4 Å². The zero-order valence-corrected chi connectivity index (χ0v) is 10.4. The van der Waals surface area contributed by atoms with Crippen LogP contribution in [0.25, 0.3) is 0 Å². The number of hydrogen-bond donors (Lipinski definition) is 0. The summed E-state index contributed by atoms with van der Waals surface area (Å²) in [6.45, 7) is 1.47. The number of nitro groups is 1. The Balaban J connectivity index is 2.92. The van der Waals surface area contributed by atoms with Gasteiger partial charge in [-0.15, -0.1) is 0 Å². The predicted molar refractivity (Wildman–Crippen MR) is 63.9 cm³/mol. The summed E-state index contributed by atoms with van der Waals surface area (Å²) >= 11 is 11.4. The van der Waals surface area contributed by atoms with Crippen LogP contribution in [0.15, 0.2) is 12.1 Å². The SMILES string of the molecule is CC(=O)CCOc1cc(Cl)c(Cl)cc1[N+](=O)[O-]. The van der Waals surface area contributed by atoms with Crippen LogP contribution in [0.1, 0.15) is 13.3 Å². The van der Waals surface area contributed by atoms with Crippen LogP contribution in [0.2, 0.25) is 10.0 Å². The number of nitrogens with zero attached hydrogens (tertiary/aromatic N) is 1. The quantitative estimate of drug-likeness (QED) is 0.612. The Kier molecular flexibility index (Phi) is 4.72. The van der Waals surface area contributed by atoms with Crippen molar-refractivity contribution in [1.29, 1.82) is 0 Å². The Labute approximate surface area is 107 Å². The van der Waals surface area contributed by atoms with E-state index < -0.39 is 4.92 Å².